The second-order valence-corrected chi connectivity index (χ2v) is 6.58. The van der Waals surface area contributed by atoms with Crippen molar-refractivity contribution in [2.45, 2.75) is 51.5 Å². The zero-order valence-corrected chi connectivity index (χ0v) is 12.8. The number of carbonyl (C=O) groups is 1. The van der Waals surface area contributed by atoms with Crippen LogP contribution < -0.4 is 4.90 Å². The quantitative estimate of drug-likeness (QED) is 0.736. The smallest absolute Gasteiger partial charge is 0.159 e. The Bertz CT molecular complexity index is 512. The van der Waals surface area contributed by atoms with Crippen molar-refractivity contribution < 1.29 is 4.79 Å². The Morgan fingerprint density at radius 3 is 2.70 bits per heavy atom. The van der Waals surface area contributed by atoms with E-state index in [1.807, 2.05) is 18.2 Å². The lowest BCUT2D eigenvalue weighted by molar-refractivity contribution is 0.101. The monoisotopic (exact) mass is 291 g/mol. The van der Waals surface area contributed by atoms with Gasteiger partial charge in [0.1, 0.15) is 0 Å². The fraction of sp³-hybridized carbons (Fsp3) is 0.588. The molecular weight excluding hydrogens is 270 g/mol. The molecule has 1 saturated heterocycles. The molecule has 3 heteroatoms. The third kappa shape index (κ3) is 2.58. The molecule has 1 aromatic carbocycles. The molecular formula is C17H22ClNO. The van der Waals surface area contributed by atoms with Crippen molar-refractivity contribution in [2.24, 2.45) is 5.92 Å². The number of hydrogen-bond donors (Lipinski definition) is 0. The topological polar surface area (TPSA) is 20.3 Å². The molecule has 2 nitrogen and oxygen atoms in total. The Kier molecular flexibility index (Phi) is 4.02. The van der Waals surface area contributed by atoms with E-state index < -0.39 is 0 Å². The predicted octanol–water partition coefficient (Wildman–Crippen LogP) is 4.70. The van der Waals surface area contributed by atoms with Gasteiger partial charge in [0.15, 0.2) is 5.78 Å². The Morgan fingerprint density at radius 1 is 1.20 bits per heavy atom. The second-order valence-electron chi connectivity index (χ2n) is 6.17. The number of benzene rings is 1. The molecule has 2 aliphatic rings. The van der Waals surface area contributed by atoms with Gasteiger partial charge in [0.25, 0.3) is 0 Å². The second kappa shape index (κ2) is 5.77. The molecule has 1 heterocycles. The summed E-state index contributed by atoms with van der Waals surface area (Å²) in [5, 5.41) is 0.726. The fourth-order valence-corrected chi connectivity index (χ4v) is 4.17. The fourth-order valence-electron chi connectivity index (χ4n) is 3.88. The van der Waals surface area contributed by atoms with Gasteiger partial charge in [0.05, 0.1) is 10.7 Å². The lowest BCUT2D eigenvalue weighted by atomic mass is 9.78. The van der Waals surface area contributed by atoms with Gasteiger partial charge in [-0.25, -0.2) is 0 Å². The van der Waals surface area contributed by atoms with Crippen molar-refractivity contribution in [3.63, 3.8) is 0 Å². The van der Waals surface area contributed by atoms with Gasteiger partial charge in [-0.1, -0.05) is 24.4 Å². The van der Waals surface area contributed by atoms with Gasteiger partial charge in [-0.15, -0.1) is 0 Å². The van der Waals surface area contributed by atoms with E-state index in [1.54, 1.807) is 6.92 Å². The van der Waals surface area contributed by atoms with E-state index in [1.165, 1.54) is 38.5 Å². The third-order valence-corrected chi connectivity index (χ3v) is 5.21. The molecule has 2 atom stereocenters. The van der Waals surface area contributed by atoms with Crippen LogP contribution in [0.5, 0.6) is 0 Å². The van der Waals surface area contributed by atoms with Crippen molar-refractivity contribution in [3.8, 4) is 0 Å². The molecule has 1 aliphatic carbocycles. The minimum absolute atomic E-state index is 0.0765. The maximum Gasteiger partial charge on any atom is 0.159 e. The molecule has 0 radical (unpaired) electrons. The third-order valence-electron chi connectivity index (χ3n) is 4.91. The number of hydrogen-bond acceptors (Lipinski definition) is 2. The van der Waals surface area contributed by atoms with Crippen LogP contribution in [0.2, 0.25) is 5.02 Å². The van der Waals surface area contributed by atoms with Crippen LogP contribution in [0.3, 0.4) is 0 Å². The standard InChI is InChI=1S/C17H22ClNO/c1-12(20)14-8-9-17(15(18)11-14)19-10-4-6-13-5-2-3-7-16(13)19/h8-9,11,13,16H,2-7,10H2,1H3. The van der Waals surface area contributed by atoms with Crippen molar-refractivity contribution in [2.75, 3.05) is 11.4 Å². The maximum absolute atomic E-state index is 11.4. The summed E-state index contributed by atoms with van der Waals surface area (Å²) < 4.78 is 0. The highest BCUT2D eigenvalue weighted by Crippen LogP contribution is 2.40. The summed E-state index contributed by atoms with van der Waals surface area (Å²) in [4.78, 5) is 13.9. The first-order chi connectivity index (χ1) is 9.66. The Hall–Kier alpha value is -1.02. The van der Waals surface area contributed by atoms with E-state index >= 15 is 0 Å². The molecule has 0 bridgehead atoms. The predicted molar refractivity (Wildman–Crippen MR) is 83.8 cm³/mol. The van der Waals surface area contributed by atoms with Crippen LogP contribution in [0.25, 0.3) is 0 Å². The zero-order chi connectivity index (χ0) is 14.1. The maximum atomic E-state index is 11.4. The largest absolute Gasteiger partial charge is 0.367 e. The summed E-state index contributed by atoms with van der Waals surface area (Å²) in [6.45, 7) is 2.68. The average Bonchev–Trinajstić information content (AvgIpc) is 2.46. The van der Waals surface area contributed by atoms with Gasteiger partial charge in [-0.05, 0) is 56.7 Å². The van der Waals surface area contributed by atoms with Gasteiger partial charge in [-0.2, -0.15) is 0 Å². The number of rotatable bonds is 2. The van der Waals surface area contributed by atoms with Crippen molar-refractivity contribution in [3.05, 3.63) is 28.8 Å². The van der Waals surface area contributed by atoms with E-state index in [-0.39, 0.29) is 5.78 Å². The number of fused-ring (bicyclic) bond motifs is 1. The SMILES string of the molecule is CC(=O)c1ccc(N2CCCC3CCCCC32)c(Cl)c1. The molecule has 2 fully saturated rings. The zero-order valence-electron chi connectivity index (χ0n) is 12.1. The molecule has 0 spiro atoms. The van der Waals surface area contributed by atoms with Crippen LogP contribution in [0, 0.1) is 5.92 Å². The van der Waals surface area contributed by atoms with Gasteiger partial charge in [0.2, 0.25) is 0 Å². The molecule has 0 N–H and O–H groups in total. The highest BCUT2D eigenvalue weighted by atomic mass is 35.5. The minimum Gasteiger partial charge on any atom is -0.367 e. The molecule has 1 saturated carbocycles. The lowest BCUT2D eigenvalue weighted by Crippen LogP contribution is -2.47. The molecule has 1 aliphatic heterocycles. The molecule has 20 heavy (non-hydrogen) atoms. The number of anilines is 1. The summed E-state index contributed by atoms with van der Waals surface area (Å²) in [5.74, 6) is 0.911. The van der Waals surface area contributed by atoms with Crippen LogP contribution >= 0.6 is 11.6 Å². The number of nitrogens with zero attached hydrogens (tertiary/aromatic N) is 1. The molecule has 3 rings (SSSR count). The molecule has 1 aromatic rings. The van der Waals surface area contributed by atoms with Gasteiger partial charge >= 0.3 is 0 Å². The van der Waals surface area contributed by atoms with E-state index in [0.717, 1.165) is 23.2 Å². The Balaban J connectivity index is 1.89. The minimum atomic E-state index is 0.0765. The van der Waals surface area contributed by atoms with Crippen LogP contribution in [-0.4, -0.2) is 18.4 Å². The number of halogens is 1. The first-order valence-electron chi connectivity index (χ1n) is 7.74. The number of carbonyl (C=O) groups excluding carboxylic acids is 1. The molecule has 0 amide bonds. The van der Waals surface area contributed by atoms with E-state index in [4.69, 9.17) is 11.6 Å². The van der Waals surface area contributed by atoms with Gasteiger partial charge in [0, 0.05) is 18.2 Å². The molecule has 2 unspecified atom stereocenters. The van der Waals surface area contributed by atoms with Gasteiger partial charge in [-0.3, -0.25) is 4.79 Å². The molecule has 108 valence electrons. The Labute approximate surface area is 126 Å². The Morgan fingerprint density at radius 2 is 1.95 bits per heavy atom. The summed E-state index contributed by atoms with van der Waals surface area (Å²) in [6.07, 6.45) is 7.99. The highest BCUT2D eigenvalue weighted by Gasteiger charge is 2.33. The van der Waals surface area contributed by atoms with E-state index in [9.17, 15) is 4.79 Å². The first kappa shape index (κ1) is 13.9. The lowest BCUT2D eigenvalue weighted by Gasteiger charge is -2.45. The van der Waals surface area contributed by atoms with Gasteiger partial charge < -0.3 is 4.90 Å². The normalized spacial score (nSPS) is 26.2. The van der Waals surface area contributed by atoms with E-state index in [0.29, 0.717) is 11.6 Å². The summed E-state index contributed by atoms with van der Waals surface area (Å²) in [6, 6.07) is 6.43. The number of ketones is 1. The summed E-state index contributed by atoms with van der Waals surface area (Å²) in [5.41, 5.74) is 1.82. The first-order valence-corrected chi connectivity index (χ1v) is 8.12. The van der Waals surface area contributed by atoms with Crippen LogP contribution in [0.1, 0.15) is 55.8 Å². The van der Waals surface area contributed by atoms with Crippen LogP contribution in [0.15, 0.2) is 18.2 Å². The van der Waals surface area contributed by atoms with Crippen molar-refractivity contribution in [1.82, 2.24) is 0 Å². The van der Waals surface area contributed by atoms with Crippen LogP contribution in [-0.2, 0) is 0 Å². The number of Topliss-reactive ketones (excluding diaryl/α,β-unsaturated/α-hetero) is 1. The summed E-state index contributed by atoms with van der Waals surface area (Å²) in [7, 11) is 0. The highest BCUT2D eigenvalue weighted by molar-refractivity contribution is 6.33. The molecule has 0 aromatic heterocycles. The average molecular weight is 292 g/mol. The van der Waals surface area contributed by atoms with Crippen molar-refractivity contribution >= 4 is 23.1 Å². The van der Waals surface area contributed by atoms with Crippen LogP contribution in [0.4, 0.5) is 5.69 Å². The summed E-state index contributed by atoms with van der Waals surface area (Å²) >= 11 is 6.44. The number of piperidine rings is 1. The van der Waals surface area contributed by atoms with Crippen molar-refractivity contribution in [1.29, 1.82) is 0 Å². The van der Waals surface area contributed by atoms with E-state index in [2.05, 4.69) is 4.90 Å².